The first kappa shape index (κ1) is 16.0. The molecule has 5 nitrogen and oxygen atoms in total. The molecule has 0 bridgehead atoms. The van der Waals surface area contributed by atoms with Crippen LogP contribution in [-0.2, 0) is 9.53 Å². The summed E-state index contributed by atoms with van der Waals surface area (Å²) in [4.78, 5) is 24.8. The summed E-state index contributed by atoms with van der Waals surface area (Å²) in [6.07, 6.45) is -0.446. The van der Waals surface area contributed by atoms with Gasteiger partial charge in [-0.1, -0.05) is 48.5 Å². The van der Waals surface area contributed by atoms with E-state index in [2.05, 4.69) is 24.3 Å². The number of nitrogens with zero attached hydrogens (tertiary/aromatic N) is 1. The largest absolute Gasteiger partial charge is 0.480 e. The molecule has 1 aliphatic heterocycles. The number of aliphatic carboxylic acids is 1. The van der Waals surface area contributed by atoms with Crippen LogP contribution in [0.2, 0.25) is 0 Å². The van der Waals surface area contributed by atoms with Crippen molar-refractivity contribution in [1.29, 1.82) is 0 Å². The van der Waals surface area contributed by atoms with Gasteiger partial charge in [0.15, 0.2) is 0 Å². The molecular weight excluding hydrogens is 338 g/mol. The second kappa shape index (κ2) is 6.44. The first-order chi connectivity index (χ1) is 12.1. The lowest BCUT2D eigenvalue weighted by atomic mass is 9.98. The lowest BCUT2D eigenvalue weighted by Gasteiger charge is -2.18. The molecule has 6 heteroatoms. The van der Waals surface area contributed by atoms with Crippen molar-refractivity contribution in [3.8, 4) is 11.1 Å². The van der Waals surface area contributed by atoms with E-state index in [1.54, 1.807) is 0 Å². The summed E-state index contributed by atoms with van der Waals surface area (Å²) in [7, 11) is 0. The number of amides is 1. The van der Waals surface area contributed by atoms with Crippen LogP contribution in [0.1, 0.15) is 17.0 Å². The van der Waals surface area contributed by atoms with Crippen molar-refractivity contribution in [2.45, 2.75) is 11.2 Å². The number of fused-ring (bicyclic) bond motifs is 3. The van der Waals surface area contributed by atoms with Crippen molar-refractivity contribution in [3.63, 3.8) is 0 Å². The molecule has 1 fully saturated rings. The van der Waals surface area contributed by atoms with Gasteiger partial charge in [0.2, 0.25) is 0 Å². The number of carboxylic acids is 1. The van der Waals surface area contributed by atoms with Gasteiger partial charge in [-0.25, -0.2) is 4.79 Å². The van der Waals surface area contributed by atoms with E-state index in [1.807, 2.05) is 24.3 Å². The van der Waals surface area contributed by atoms with E-state index >= 15 is 0 Å². The minimum Gasteiger partial charge on any atom is -0.480 e. The van der Waals surface area contributed by atoms with Crippen LogP contribution in [0, 0.1) is 0 Å². The number of carbonyl (C=O) groups is 2. The molecule has 1 saturated heterocycles. The third kappa shape index (κ3) is 2.87. The predicted molar refractivity (Wildman–Crippen MR) is 95.7 cm³/mol. The molecule has 1 aliphatic carbocycles. The van der Waals surface area contributed by atoms with Crippen LogP contribution in [0.15, 0.2) is 48.5 Å². The standard InChI is InChI=1S/C19H17NO4S/c21-18(22)17-9-20(11-25-17)19(23)24-10-16-14-7-3-1-5-12(14)13-6-2-4-8-15(13)16/h1-8,16-17H,9-11H2,(H,21,22)/t17-/m1/s1. The third-order valence-electron chi connectivity index (χ3n) is 4.69. The highest BCUT2D eigenvalue weighted by molar-refractivity contribution is 8.00. The van der Waals surface area contributed by atoms with Crippen LogP contribution >= 0.6 is 11.8 Å². The van der Waals surface area contributed by atoms with Crippen molar-refractivity contribution in [2.24, 2.45) is 0 Å². The van der Waals surface area contributed by atoms with Crippen molar-refractivity contribution in [3.05, 3.63) is 59.7 Å². The molecule has 4 rings (SSSR count). The van der Waals surface area contributed by atoms with Crippen molar-refractivity contribution >= 4 is 23.8 Å². The first-order valence-electron chi connectivity index (χ1n) is 8.09. The van der Waals surface area contributed by atoms with Gasteiger partial charge in [0.05, 0.1) is 5.88 Å². The van der Waals surface area contributed by atoms with Crippen molar-refractivity contribution < 1.29 is 19.4 Å². The zero-order chi connectivity index (χ0) is 17.4. The molecule has 0 aromatic heterocycles. The molecule has 25 heavy (non-hydrogen) atoms. The number of carbonyl (C=O) groups excluding carboxylic acids is 1. The summed E-state index contributed by atoms with van der Waals surface area (Å²) in [5, 5.41) is 8.47. The molecule has 128 valence electrons. The summed E-state index contributed by atoms with van der Waals surface area (Å²) in [5.41, 5.74) is 4.69. The Hall–Kier alpha value is -2.47. The van der Waals surface area contributed by atoms with Gasteiger partial charge in [-0.05, 0) is 22.3 Å². The number of hydrogen-bond acceptors (Lipinski definition) is 4. The molecule has 1 amide bonds. The van der Waals surface area contributed by atoms with E-state index in [0.717, 1.165) is 11.1 Å². The van der Waals surface area contributed by atoms with Gasteiger partial charge in [0.1, 0.15) is 11.9 Å². The van der Waals surface area contributed by atoms with Gasteiger partial charge in [-0.3, -0.25) is 9.69 Å². The van der Waals surface area contributed by atoms with E-state index in [4.69, 9.17) is 9.84 Å². The quantitative estimate of drug-likeness (QED) is 0.914. The molecule has 0 spiro atoms. The highest BCUT2D eigenvalue weighted by atomic mass is 32.2. The Bertz CT molecular complexity index is 792. The highest BCUT2D eigenvalue weighted by Crippen LogP contribution is 2.44. The smallest absolute Gasteiger partial charge is 0.410 e. The maximum absolute atomic E-state index is 12.3. The number of thioether (sulfide) groups is 1. The Morgan fingerprint density at radius 1 is 1.08 bits per heavy atom. The normalized spacial score (nSPS) is 18.7. The van der Waals surface area contributed by atoms with E-state index in [0.29, 0.717) is 5.88 Å². The first-order valence-corrected chi connectivity index (χ1v) is 9.14. The maximum atomic E-state index is 12.3. The molecule has 0 saturated carbocycles. The Kier molecular flexibility index (Phi) is 4.13. The lowest BCUT2D eigenvalue weighted by molar-refractivity contribution is -0.136. The molecule has 2 aromatic carbocycles. The van der Waals surface area contributed by atoms with Gasteiger partial charge >= 0.3 is 12.1 Å². The van der Waals surface area contributed by atoms with E-state index in [9.17, 15) is 9.59 Å². The van der Waals surface area contributed by atoms with E-state index in [1.165, 1.54) is 27.8 Å². The number of hydrogen-bond donors (Lipinski definition) is 1. The zero-order valence-electron chi connectivity index (χ0n) is 13.4. The summed E-state index contributed by atoms with van der Waals surface area (Å²) >= 11 is 1.25. The second-order valence-corrected chi connectivity index (χ2v) is 7.31. The van der Waals surface area contributed by atoms with Crippen LogP contribution in [-0.4, -0.2) is 46.3 Å². The van der Waals surface area contributed by atoms with Gasteiger partial charge < -0.3 is 9.84 Å². The topological polar surface area (TPSA) is 66.8 Å². The second-order valence-electron chi connectivity index (χ2n) is 6.15. The van der Waals surface area contributed by atoms with Crippen LogP contribution in [0.4, 0.5) is 4.79 Å². The molecule has 0 radical (unpaired) electrons. The Morgan fingerprint density at radius 2 is 1.68 bits per heavy atom. The predicted octanol–water partition coefficient (Wildman–Crippen LogP) is 3.40. The van der Waals surface area contributed by atoms with Gasteiger partial charge in [0, 0.05) is 12.5 Å². The molecule has 1 N–H and O–H groups in total. The van der Waals surface area contributed by atoms with Crippen molar-refractivity contribution in [2.75, 3.05) is 19.0 Å². The Labute approximate surface area is 149 Å². The fourth-order valence-corrected chi connectivity index (χ4v) is 4.45. The minimum atomic E-state index is -0.890. The number of benzene rings is 2. The van der Waals surface area contributed by atoms with Gasteiger partial charge in [-0.15, -0.1) is 11.8 Å². The average molecular weight is 355 g/mol. The van der Waals surface area contributed by atoms with Crippen LogP contribution in [0.3, 0.4) is 0 Å². The van der Waals surface area contributed by atoms with E-state index < -0.39 is 17.3 Å². The van der Waals surface area contributed by atoms with Crippen LogP contribution in [0.5, 0.6) is 0 Å². The zero-order valence-corrected chi connectivity index (χ0v) is 14.2. The Morgan fingerprint density at radius 3 is 2.24 bits per heavy atom. The van der Waals surface area contributed by atoms with Gasteiger partial charge in [0.25, 0.3) is 0 Å². The average Bonchev–Trinajstić information content (AvgIpc) is 3.24. The van der Waals surface area contributed by atoms with Crippen molar-refractivity contribution in [1.82, 2.24) is 4.90 Å². The minimum absolute atomic E-state index is 0.0156. The lowest BCUT2D eigenvalue weighted by Crippen LogP contribution is -2.33. The SMILES string of the molecule is O=C(O)[C@H]1CN(C(=O)OCC2c3ccccc3-c3ccccc32)CS1. The Balaban J connectivity index is 1.48. The molecule has 1 heterocycles. The molecule has 1 atom stereocenters. The summed E-state index contributed by atoms with van der Waals surface area (Å²) in [5.74, 6) is -0.519. The van der Waals surface area contributed by atoms with E-state index in [-0.39, 0.29) is 19.1 Å². The fraction of sp³-hybridized carbons (Fsp3) is 0.263. The molecule has 2 aliphatic rings. The fourth-order valence-electron chi connectivity index (χ4n) is 3.45. The summed E-state index contributed by atoms with van der Waals surface area (Å²) in [6.45, 7) is 0.447. The highest BCUT2D eigenvalue weighted by Gasteiger charge is 2.34. The summed E-state index contributed by atoms with van der Waals surface area (Å²) < 4.78 is 5.53. The third-order valence-corrected chi connectivity index (χ3v) is 5.90. The number of carboxylic acid groups (broad SMARTS) is 1. The molecular formula is C19H17NO4S. The summed E-state index contributed by atoms with van der Waals surface area (Å²) in [6, 6.07) is 16.3. The monoisotopic (exact) mass is 355 g/mol. The van der Waals surface area contributed by atoms with Crippen LogP contribution in [0.25, 0.3) is 11.1 Å². The molecule has 2 aromatic rings. The van der Waals surface area contributed by atoms with Gasteiger partial charge in [-0.2, -0.15) is 0 Å². The number of rotatable bonds is 3. The number of ether oxygens (including phenoxy) is 1. The maximum Gasteiger partial charge on any atom is 0.410 e. The molecule has 0 unspecified atom stereocenters. The van der Waals surface area contributed by atoms with Crippen LogP contribution < -0.4 is 0 Å².